The summed E-state index contributed by atoms with van der Waals surface area (Å²) in [5.74, 6) is 0.547. The van der Waals surface area contributed by atoms with Crippen LogP contribution in [0.2, 0.25) is 0 Å². The van der Waals surface area contributed by atoms with Gasteiger partial charge in [0.1, 0.15) is 5.82 Å². The number of aryl methyl sites for hydroxylation is 2. The third kappa shape index (κ3) is 6.30. The summed E-state index contributed by atoms with van der Waals surface area (Å²) in [4.78, 5) is 18.2. The van der Waals surface area contributed by atoms with Crippen molar-refractivity contribution in [1.29, 1.82) is 0 Å². The molecule has 15 nitrogen and oxygen atoms in total. The molecule has 0 radical (unpaired) electrons. The summed E-state index contributed by atoms with van der Waals surface area (Å²) < 4.78 is 55.0. The summed E-state index contributed by atoms with van der Waals surface area (Å²) in [6.07, 6.45) is 7.52. The number of imidazole rings is 1. The molecule has 1 aromatic carbocycles. The summed E-state index contributed by atoms with van der Waals surface area (Å²) >= 11 is 0. The van der Waals surface area contributed by atoms with Crippen LogP contribution >= 0.6 is 0 Å². The molecule has 0 aliphatic carbocycles. The van der Waals surface area contributed by atoms with Crippen LogP contribution < -0.4 is 4.72 Å². The molecule has 4 N–H and O–H groups in total. The average molecular weight is 692 g/mol. The smallest absolute Gasteiger partial charge is 0.260 e. The molecular formula is C31H37N11O4S2. The van der Waals surface area contributed by atoms with Crippen LogP contribution in [-0.2, 0) is 26.6 Å². The Morgan fingerprint density at radius 3 is 2.10 bits per heavy atom. The third-order valence-electron chi connectivity index (χ3n) is 9.11. The highest BCUT2D eigenvalue weighted by Crippen LogP contribution is 2.27. The Labute approximate surface area is 277 Å². The van der Waals surface area contributed by atoms with Gasteiger partial charge in [-0.2, -0.15) is 14.5 Å². The maximum absolute atomic E-state index is 12.9. The monoisotopic (exact) mass is 691 g/mol. The molecule has 2 aliphatic rings. The van der Waals surface area contributed by atoms with Crippen LogP contribution in [0.1, 0.15) is 42.6 Å². The number of fused-ring (bicyclic) bond motifs is 3. The molecule has 0 amide bonds. The second-order valence-electron chi connectivity index (χ2n) is 12.2. The van der Waals surface area contributed by atoms with Gasteiger partial charge < -0.3 is 9.88 Å². The van der Waals surface area contributed by atoms with Gasteiger partial charge in [0.05, 0.1) is 28.4 Å². The van der Waals surface area contributed by atoms with Gasteiger partial charge in [-0.25, -0.2) is 36.5 Å². The summed E-state index contributed by atoms with van der Waals surface area (Å²) in [5.41, 5.74) is 4.79. The highest BCUT2D eigenvalue weighted by molar-refractivity contribution is 7.89. The Hall–Kier alpha value is -4.29. The molecule has 2 saturated heterocycles. The van der Waals surface area contributed by atoms with Gasteiger partial charge in [0.15, 0.2) is 21.3 Å². The van der Waals surface area contributed by atoms with Gasteiger partial charge in [-0.1, -0.05) is 0 Å². The Balaban J connectivity index is 0.000000152. The average Bonchev–Trinajstić information content (AvgIpc) is 3.91. The van der Waals surface area contributed by atoms with E-state index in [0.29, 0.717) is 47.0 Å². The van der Waals surface area contributed by atoms with Crippen molar-refractivity contribution in [2.45, 2.75) is 62.2 Å². The van der Waals surface area contributed by atoms with Crippen molar-refractivity contribution in [3.63, 3.8) is 0 Å². The molecular weight excluding hydrogens is 655 g/mol. The van der Waals surface area contributed by atoms with Crippen LogP contribution in [0.3, 0.4) is 0 Å². The third-order valence-corrected chi connectivity index (χ3v) is 12.4. The van der Waals surface area contributed by atoms with E-state index in [-0.39, 0.29) is 16.6 Å². The minimum absolute atomic E-state index is 0.00148. The zero-order chi connectivity index (χ0) is 33.5. The lowest BCUT2D eigenvalue weighted by Gasteiger charge is -2.35. The van der Waals surface area contributed by atoms with E-state index in [1.54, 1.807) is 41.0 Å². The predicted molar refractivity (Wildman–Crippen MR) is 180 cm³/mol. The normalized spacial score (nSPS) is 17.0. The second kappa shape index (κ2) is 13.0. The fraction of sp³-hybridized carbons (Fsp3) is 0.387. The molecule has 0 saturated carbocycles. The van der Waals surface area contributed by atoms with E-state index in [1.165, 1.54) is 12.8 Å². The number of hydrogen-bond donors (Lipinski definition) is 4. The number of aromatic nitrogens is 8. The van der Waals surface area contributed by atoms with Crippen LogP contribution in [-0.4, -0.2) is 98.6 Å². The summed E-state index contributed by atoms with van der Waals surface area (Å²) in [6, 6.07) is 11.3. The quantitative estimate of drug-likeness (QED) is 0.193. The van der Waals surface area contributed by atoms with Crippen molar-refractivity contribution in [1.82, 2.24) is 54.3 Å². The van der Waals surface area contributed by atoms with E-state index in [9.17, 15) is 16.8 Å². The molecule has 2 aliphatic heterocycles. The minimum atomic E-state index is -3.76. The van der Waals surface area contributed by atoms with E-state index in [0.717, 1.165) is 48.1 Å². The van der Waals surface area contributed by atoms with E-state index >= 15 is 0 Å². The lowest BCUT2D eigenvalue weighted by molar-refractivity contribution is 0.167. The molecule has 5 aromatic heterocycles. The Bertz CT molecular complexity index is 2260. The predicted octanol–water partition coefficient (Wildman–Crippen LogP) is 3.14. The SMILES string of the molecule is Cc1cc2nc(CNS(=O)(=O)c3[nH]nc4ncccc34)[nH]c2cc1C.O=S(=O)(c1[nH]nc2ncccc12)N1CCC(N2CCCC2)CC1. The first-order valence-electron chi connectivity index (χ1n) is 15.9. The fourth-order valence-electron chi connectivity index (χ4n) is 6.38. The van der Waals surface area contributed by atoms with Crippen LogP contribution in [0.4, 0.5) is 0 Å². The zero-order valence-corrected chi connectivity index (χ0v) is 28.3. The number of hydrogen-bond acceptors (Lipinski definition) is 10. The van der Waals surface area contributed by atoms with Crippen molar-refractivity contribution in [3.8, 4) is 0 Å². The molecule has 8 rings (SSSR count). The lowest BCUT2D eigenvalue weighted by Crippen LogP contribution is -2.45. The Kier molecular flexibility index (Phi) is 8.71. The number of H-pyrrole nitrogens is 3. The van der Waals surface area contributed by atoms with Crippen molar-refractivity contribution in [2.75, 3.05) is 26.2 Å². The van der Waals surface area contributed by atoms with Crippen LogP contribution in [0.25, 0.3) is 33.1 Å². The molecule has 2 fully saturated rings. The summed E-state index contributed by atoms with van der Waals surface area (Å²) in [7, 11) is -7.30. The van der Waals surface area contributed by atoms with Gasteiger partial charge in [-0.3, -0.25) is 10.2 Å². The first kappa shape index (κ1) is 32.3. The van der Waals surface area contributed by atoms with Crippen molar-refractivity contribution in [3.05, 3.63) is 65.7 Å². The van der Waals surface area contributed by atoms with Gasteiger partial charge >= 0.3 is 0 Å². The number of piperidine rings is 1. The van der Waals surface area contributed by atoms with Crippen molar-refractivity contribution in [2.24, 2.45) is 0 Å². The number of benzene rings is 1. The molecule has 0 bridgehead atoms. The van der Waals surface area contributed by atoms with Crippen LogP contribution in [0.5, 0.6) is 0 Å². The van der Waals surface area contributed by atoms with Gasteiger partial charge in [0.25, 0.3) is 20.0 Å². The first-order valence-corrected chi connectivity index (χ1v) is 18.8. The number of nitrogens with one attached hydrogen (secondary N) is 4. The molecule has 0 spiro atoms. The fourth-order valence-corrected chi connectivity index (χ4v) is 9.01. The topological polar surface area (TPSA) is 199 Å². The van der Waals surface area contributed by atoms with E-state index < -0.39 is 20.0 Å². The largest absolute Gasteiger partial charge is 0.341 e. The number of rotatable bonds is 7. The molecule has 7 heterocycles. The summed E-state index contributed by atoms with van der Waals surface area (Å²) in [6.45, 7) is 7.56. The first-order chi connectivity index (χ1) is 23.1. The van der Waals surface area contributed by atoms with Gasteiger partial charge in [-0.15, -0.1) is 0 Å². The maximum Gasteiger partial charge on any atom is 0.260 e. The highest BCUT2D eigenvalue weighted by Gasteiger charge is 2.34. The highest BCUT2D eigenvalue weighted by atomic mass is 32.2. The van der Waals surface area contributed by atoms with E-state index in [1.807, 2.05) is 26.0 Å². The summed E-state index contributed by atoms with van der Waals surface area (Å²) in [5, 5.41) is 14.3. The number of aromatic amines is 3. The number of nitrogens with zero attached hydrogens (tertiary/aromatic N) is 7. The van der Waals surface area contributed by atoms with Gasteiger partial charge in [-0.05, 0) is 100 Å². The number of sulfonamides is 2. The molecule has 0 unspecified atom stereocenters. The Morgan fingerprint density at radius 2 is 1.44 bits per heavy atom. The molecule has 48 heavy (non-hydrogen) atoms. The van der Waals surface area contributed by atoms with Crippen LogP contribution in [0.15, 0.2) is 58.8 Å². The van der Waals surface area contributed by atoms with E-state index in [4.69, 9.17) is 0 Å². The van der Waals surface area contributed by atoms with Crippen LogP contribution in [0, 0.1) is 13.8 Å². The maximum atomic E-state index is 12.9. The molecule has 252 valence electrons. The van der Waals surface area contributed by atoms with Crippen molar-refractivity contribution >= 4 is 53.1 Å². The molecule has 17 heteroatoms. The minimum Gasteiger partial charge on any atom is -0.341 e. The van der Waals surface area contributed by atoms with Gasteiger partial charge in [0, 0.05) is 31.5 Å². The molecule has 6 aromatic rings. The van der Waals surface area contributed by atoms with E-state index in [2.05, 4.69) is 50.0 Å². The zero-order valence-electron chi connectivity index (χ0n) is 26.6. The number of pyridine rings is 2. The standard InChI is InChI=1S/C16H16N6O2S.C15H21N5O2S/c1-9-6-12-13(7-10(9)2)20-14(19-12)8-18-25(23,24)16-11-4-3-5-17-15(11)21-22-16;21-23(22,15-13-4-3-7-16-14(13)17-18-15)20-10-5-12(6-11-20)19-8-1-2-9-19/h3-7,18H,8H2,1-2H3,(H,19,20)(H,17,21,22);3-4,7,12H,1-2,5-6,8-11H2,(H,16,17,18). The molecule has 0 atom stereocenters. The lowest BCUT2D eigenvalue weighted by atomic mass is 10.1. The van der Waals surface area contributed by atoms with Gasteiger partial charge in [0.2, 0.25) is 0 Å². The second-order valence-corrected chi connectivity index (χ2v) is 15.8. The number of likely N-dealkylation sites (tertiary alicyclic amines) is 1. The Morgan fingerprint density at radius 1 is 0.833 bits per heavy atom. The van der Waals surface area contributed by atoms with Crippen molar-refractivity contribution < 1.29 is 16.8 Å².